The smallest absolute Gasteiger partial charge is 0.0870 e. The maximum Gasteiger partial charge on any atom is 0.0870 e. The van der Waals surface area contributed by atoms with Gasteiger partial charge in [0.1, 0.15) is 0 Å². The molecule has 0 aliphatic rings. The maximum absolute atomic E-state index is 5.60. The van der Waals surface area contributed by atoms with Gasteiger partial charge in [0.15, 0.2) is 0 Å². The summed E-state index contributed by atoms with van der Waals surface area (Å²) < 4.78 is 0. The minimum atomic E-state index is 0.570. The van der Waals surface area contributed by atoms with Gasteiger partial charge < -0.3 is 5.73 Å². The fraction of sp³-hybridized carbons (Fsp3) is 0.462. The van der Waals surface area contributed by atoms with Crippen LogP contribution in [0.25, 0.3) is 0 Å². The summed E-state index contributed by atoms with van der Waals surface area (Å²) in [5.74, 6) is 0. The molecule has 0 radical (unpaired) electrons. The van der Waals surface area contributed by atoms with Gasteiger partial charge in [-0.1, -0.05) is 49.0 Å². The number of aryl methyl sites for hydroxylation is 1. The SMILES string of the molecule is CCCN(CC(N)=S)Cc1cccc(C)c1. The normalized spacial score (nSPS) is 10.7. The van der Waals surface area contributed by atoms with Gasteiger partial charge in [0.05, 0.1) is 4.99 Å². The molecule has 0 fully saturated rings. The van der Waals surface area contributed by atoms with Crippen LogP contribution in [0.1, 0.15) is 24.5 Å². The Balaban J connectivity index is 2.63. The lowest BCUT2D eigenvalue weighted by Gasteiger charge is -2.21. The average Bonchev–Trinajstić information content (AvgIpc) is 2.16. The van der Waals surface area contributed by atoms with Crippen LogP contribution in [0.4, 0.5) is 0 Å². The zero-order valence-electron chi connectivity index (χ0n) is 10.1. The average molecular weight is 236 g/mol. The molecule has 3 heteroatoms. The lowest BCUT2D eigenvalue weighted by Crippen LogP contribution is -2.32. The van der Waals surface area contributed by atoms with E-state index in [4.69, 9.17) is 18.0 Å². The summed E-state index contributed by atoms with van der Waals surface area (Å²) in [6.45, 7) is 6.94. The molecule has 0 saturated heterocycles. The Morgan fingerprint density at radius 1 is 1.44 bits per heavy atom. The van der Waals surface area contributed by atoms with Gasteiger partial charge >= 0.3 is 0 Å². The first-order valence-electron chi connectivity index (χ1n) is 5.68. The molecule has 0 atom stereocenters. The van der Waals surface area contributed by atoms with Gasteiger partial charge in [0.2, 0.25) is 0 Å². The third-order valence-electron chi connectivity index (χ3n) is 2.41. The van der Waals surface area contributed by atoms with Crippen molar-refractivity contribution in [3.05, 3.63) is 35.4 Å². The Morgan fingerprint density at radius 3 is 2.75 bits per heavy atom. The number of hydrogen-bond donors (Lipinski definition) is 1. The van der Waals surface area contributed by atoms with Crippen LogP contribution in [-0.4, -0.2) is 23.0 Å². The third kappa shape index (κ3) is 4.73. The van der Waals surface area contributed by atoms with Gasteiger partial charge in [0, 0.05) is 13.1 Å². The highest BCUT2D eigenvalue weighted by Gasteiger charge is 2.06. The Bertz CT molecular complexity index is 350. The summed E-state index contributed by atoms with van der Waals surface area (Å²) in [6.07, 6.45) is 1.12. The van der Waals surface area contributed by atoms with E-state index in [-0.39, 0.29) is 0 Å². The largest absolute Gasteiger partial charge is 0.392 e. The number of nitrogens with two attached hydrogens (primary N) is 1. The highest BCUT2D eigenvalue weighted by Crippen LogP contribution is 2.08. The second kappa shape index (κ2) is 6.61. The summed E-state index contributed by atoms with van der Waals surface area (Å²) in [4.78, 5) is 2.86. The fourth-order valence-corrected chi connectivity index (χ4v) is 2.00. The number of thiocarbonyl (C=S) groups is 1. The van der Waals surface area contributed by atoms with Crippen molar-refractivity contribution in [2.75, 3.05) is 13.1 Å². The highest BCUT2D eigenvalue weighted by atomic mass is 32.1. The van der Waals surface area contributed by atoms with Crippen LogP contribution < -0.4 is 5.73 Å². The molecule has 1 aromatic carbocycles. The maximum atomic E-state index is 5.60. The first kappa shape index (κ1) is 13.1. The number of hydrogen-bond acceptors (Lipinski definition) is 2. The van der Waals surface area contributed by atoms with E-state index in [1.807, 2.05) is 0 Å². The van der Waals surface area contributed by atoms with Crippen LogP contribution in [0.2, 0.25) is 0 Å². The van der Waals surface area contributed by atoms with Gasteiger partial charge in [-0.3, -0.25) is 4.90 Å². The van der Waals surface area contributed by atoms with E-state index in [1.54, 1.807) is 0 Å². The zero-order chi connectivity index (χ0) is 12.0. The molecular weight excluding hydrogens is 216 g/mol. The van der Waals surface area contributed by atoms with Crippen molar-refractivity contribution >= 4 is 17.2 Å². The van der Waals surface area contributed by atoms with Crippen molar-refractivity contribution in [3.8, 4) is 0 Å². The lowest BCUT2D eigenvalue weighted by atomic mass is 10.1. The molecule has 1 rings (SSSR count). The van der Waals surface area contributed by atoms with Crippen molar-refractivity contribution in [1.82, 2.24) is 4.90 Å². The molecule has 0 aliphatic heterocycles. The predicted molar refractivity (Wildman–Crippen MR) is 73.5 cm³/mol. The summed E-state index contributed by atoms with van der Waals surface area (Å²) in [7, 11) is 0. The first-order valence-corrected chi connectivity index (χ1v) is 6.09. The van der Waals surface area contributed by atoms with E-state index in [0.717, 1.165) is 19.5 Å². The topological polar surface area (TPSA) is 29.3 Å². The van der Waals surface area contributed by atoms with Crippen molar-refractivity contribution in [1.29, 1.82) is 0 Å². The Morgan fingerprint density at radius 2 is 2.19 bits per heavy atom. The summed E-state index contributed by atoms with van der Waals surface area (Å²) in [5, 5.41) is 0. The van der Waals surface area contributed by atoms with Crippen molar-refractivity contribution < 1.29 is 0 Å². The molecule has 0 aromatic heterocycles. The molecule has 1 aromatic rings. The van der Waals surface area contributed by atoms with E-state index >= 15 is 0 Å². The van der Waals surface area contributed by atoms with Crippen LogP contribution in [0.5, 0.6) is 0 Å². The van der Waals surface area contributed by atoms with Crippen molar-refractivity contribution in [3.63, 3.8) is 0 Å². The summed E-state index contributed by atoms with van der Waals surface area (Å²) in [6, 6.07) is 8.56. The minimum absolute atomic E-state index is 0.570. The number of nitrogens with zero attached hydrogens (tertiary/aromatic N) is 1. The molecular formula is C13H20N2S. The van der Waals surface area contributed by atoms with E-state index in [2.05, 4.69) is 43.0 Å². The highest BCUT2D eigenvalue weighted by molar-refractivity contribution is 7.80. The quantitative estimate of drug-likeness (QED) is 0.770. The van der Waals surface area contributed by atoms with E-state index in [1.165, 1.54) is 11.1 Å². The van der Waals surface area contributed by atoms with Crippen LogP contribution >= 0.6 is 12.2 Å². The van der Waals surface area contributed by atoms with Gasteiger partial charge in [0.25, 0.3) is 0 Å². The Kier molecular flexibility index (Phi) is 5.43. The fourth-order valence-electron chi connectivity index (χ4n) is 1.82. The first-order chi connectivity index (χ1) is 7.61. The molecule has 2 N–H and O–H groups in total. The van der Waals surface area contributed by atoms with E-state index in [9.17, 15) is 0 Å². The summed E-state index contributed by atoms with van der Waals surface area (Å²) >= 11 is 4.96. The Labute approximate surface area is 103 Å². The van der Waals surface area contributed by atoms with Crippen LogP contribution in [-0.2, 0) is 6.54 Å². The van der Waals surface area contributed by atoms with Crippen LogP contribution in [0.15, 0.2) is 24.3 Å². The molecule has 0 unspecified atom stereocenters. The van der Waals surface area contributed by atoms with Crippen molar-refractivity contribution in [2.45, 2.75) is 26.8 Å². The molecule has 2 nitrogen and oxygen atoms in total. The molecule has 0 amide bonds. The van der Waals surface area contributed by atoms with Gasteiger partial charge in [-0.2, -0.15) is 0 Å². The molecule has 88 valence electrons. The number of benzene rings is 1. The number of rotatable bonds is 6. The monoisotopic (exact) mass is 236 g/mol. The minimum Gasteiger partial charge on any atom is -0.392 e. The standard InChI is InChI=1S/C13H20N2S/c1-3-7-15(10-13(14)16)9-12-6-4-5-11(2)8-12/h4-6,8H,3,7,9-10H2,1-2H3,(H2,14,16). The molecule has 0 heterocycles. The predicted octanol–water partition coefficient (Wildman–Crippen LogP) is 2.49. The molecule has 0 spiro atoms. The summed E-state index contributed by atoms with van der Waals surface area (Å²) in [5.41, 5.74) is 8.22. The Hall–Kier alpha value is -0.930. The molecule has 0 aliphatic carbocycles. The van der Waals surface area contributed by atoms with Crippen molar-refractivity contribution in [2.24, 2.45) is 5.73 Å². The second-order valence-electron chi connectivity index (χ2n) is 4.17. The molecule has 0 bridgehead atoms. The van der Waals surface area contributed by atoms with E-state index in [0.29, 0.717) is 11.5 Å². The lowest BCUT2D eigenvalue weighted by molar-refractivity contribution is 0.304. The van der Waals surface area contributed by atoms with E-state index < -0.39 is 0 Å². The molecule has 16 heavy (non-hydrogen) atoms. The third-order valence-corrected chi connectivity index (χ3v) is 2.54. The van der Waals surface area contributed by atoms with Crippen LogP contribution in [0, 0.1) is 6.92 Å². The molecule has 0 saturated carbocycles. The van der Waals surface area contributed by atoms with Gasteiger partial charge in [-0.15, -0.1) is 0 Å². The second-order valence-corrected chi connectivity index (χ2v) is 4.69. The van der Waals surface area contributed by atoms with Gasteiger partial charge in [-0.25, -0.2) is 0 Å². The van der Waals surface area contributed by atoms with Crippen LogP contribution in [0.3, 0.4) is 0 Å². The van der Waals surface area contributed by atoms with Gasteiger partial charge in [-0.05, 0) is 25.5 Å². The zero-order valence-corrected chi connectivity index (χ0v) is 10.9.